The fourth-order valence-electron chi connectivity index (χ4n) is 2.69. The lowest BCUT2D eigenvalue weighted by atomic mass is 10.1. The van der Waals surface area contributed by atoms with Gasteiger partial charge in [0.05, 0.1) is 11.4 Å². The summed E-state index contributed by atoms with van der Waals surface area (Å²) in [5.74, 6) is -5.74. The van der Waals surface area contributed by atoms with Crippen LogP contribution in [0.4, 0.5) is 17.6 Å². The average Bonchev–Trinajstić information content (AvgIpc) is 2.63. The normalized spacial score (nSPS) is 11.8. The summed E-state index contributed by atoms with van der Waals surface area (Å²) >= 11 is 0. The predicted octanol–water partition coefficient (Wildman–Crippen LogP) is 3.83. The van der Waals surface area contributed by atoms with E-state index in [0.717, 1.165) is 6.26 Å². The van der Waals surface area contributed by atoms with Crippen molar-refractivity contribution < 1.29 is 26.0 Å². The maximum Gasteiger partial charge on any atom is 0.191 e. The number of hydrogen-bond acceptors (Lipinski definition) is 3. The SMILES string of the molecule is CCNC(=NCc1ccc(S(C)(=O)=O)c(C)c1)NCc1c(F)c(F)cc(F)c1F.I. The largest absolute Gasteiger partial charge is 0.357 e. The minimum absolute atomic E-state index is 0. The van der Waals surface area contributed by atoms with Gasteiger partial charge in [-0.05, 0) is 31.0 Å². The van der Waals surface area contributed by atoms with Crippen LogP contribution >= 0.6 is 24.0 Å². The van der Waals surface area contributed by atoms with Crippen LogP contribution < -0.4 is 10.6 Å². The number of benzene rings is 2. The first kappa shape index (κ1) is 26.1. The van der Waals surface area contributed by atoms with Crippen LogP contribution in [0.5, 0.6) is 0 Å². The molecule has 0 saturated heterocycles. The standard InChI is InChI=1S/C19H21F4N3O2S.HI/c1-4-24-19(26-10-13-17(22)14(20)8-15(21)18(13)23)25-9-12-5-6-16(11(2)7-12)29(3,27)28;/h5-8H,4,9-10H2,1-3H3,(H2,24,25,26);1H. The number of sulfone groups is 1. The van der Waals surface area contributed by atoms with Gasteiger partial charge in [0.15, 0.2) is 39.1 Å². The number of guanidine groups is 1. The molecule has 0 unspecified atom stereocenters. The highest BCUT2D eigenvalue weighted by Crippen LogP contribution is 2.19. The lowest BCUT2D eigenvalue weighted by Gasteiger charge is -2.13. The molecule has 0 atom stereocenters. The summed E-state index contributed by atoms with van der Waals surface area (Å²) < 4.78 is 77.5. The molecule has 0 heterocycles. The Labute approximate surface area is 189 Å². The van der Waals surface area contributed by atoms with Crippen molar-refractivity contribution in [3.8, 4) is 0 Å². The minimum Gasteiger partial charge on any atom is -0.357 e. The summed E-state index contributed by atoms with van der Waals surface area (Å²) in [6.07, 6.45) is 1.12. The summed E-state index contributed by atoms with van der Waals surface area (Å²) in [6, 6.07) is 4.91. The van der Waals surface area contributed by atoms with Crippen molar-refractivity contribution in [2.24, 2.45) is 4.99 Å². The summed E-state index contributed by atoms with van der Waals surface area (Å²) in [5, 5.41) is 5.48. The molecule has 5 nitrogen and oxygen atoms in total. The predicted molar refractivity (Wildman–Crippen MR) is 118 cm³/mol. The van der Waals surface area contributed by atoms with Crippen molar-refractivity contribution in [1.82, 2.24) is 10.6 Å². The van der Waals surface area contributed by atoms with Crippen molar-refractivity contribution in [3.63, 3.8) is 0 Å². The third-order valence-corrected chi connectivity index (χ3v) is 5.30. The molecule has 11 heteroatoms. The molecule has 0 fully saturated rings. The Balaban J connectivity index is 0.00000450. The second-order valence-corrected chi connectivity index (χ2v) is 8.35. The molecule has 2 aromatic rings. The first-order valence-electron chi connectivity index (χ1n) is 8.68. The smallest absolute Gasteiger partial charge is 0.191 e. The fraction of sp³-hybridized carbons (Fsp3) is 0.316. The van der Waals surface area contributed by atoms with Gasteiger partial charge in [-0.2, -0.15) is 0 Å². The molecule has 0 amide bonds. The molecule has 30 heavy (non-hydrogen) atoms. The van der Waals surface area contributed by atoms with Crippen molar-refractivity contribution in [1.29, 1.82) is 0 Å². The van der Waals surface area contributed by atoms with Crippen LogP contribution in [0.15, 0.2) is 34.2 Å². The maximum atomic E-state index is 13.8. The highest BCUT2D eigenvalue weighted by Gasteiger charge is 2.19. The molecule has 0 saturated carbocycles. The van der Waals surface area contributed by atoms with E-state index in [1.807, 2.05) is 0 Å². The monoisotopic (exact) mass is 559 g/mol. The van der Waals surface area contributed by atoms with E-state index in [0.29, 0.717) is 17.7 Å². The maximum absolute atomic E-state index is 13.8. The van der Waals surface area contributed by atoms with E-state index in [-0.39, 0.29) is 47.4 Å². The van der Waals surface area contributed by atoms with Crippen LogP contribution in [0.2, 0.25) is 0 Å². The highest BCUT2D eigenvalue weighted by molar-refractivity contribution is 14.0. The molecule has 2 rings (SSSR count). The number of nitrogens with zero attached hydrogens (tertiary/aromatic N) is 1. The van der Waals surface area contributed by atoms with Crippen LogP contribution in [0.1, 0.15) is 23.6 Å². The zero-order valence-electron chi connectivity index (χ0n) is 16.5. The zero-order valence-corrected chi connectivity index (χ0v) is 19.7. The quantitative estimate of drug-likeness (QED) is 0.186. The minimum atomic E-state index is -3.34. The molecule has 0 aliphatic heterocycles. The molecule has 0 bridgehead atoms. The fourth-order valence-corrected chi connectivity index (χ4v) is 3.65. The molecular formula is C19H22F4IN3O2S. The van der Waals surface area contributed by atoms with Gasteiger partial charge in [-0.3, -0.25) is 0 Å². The van der Waals surface area contributed by atoms with Gasteiger partial charge in [0.25, 0.3) is 0 Å². The third kappa shape index (κ3) is 6.56. The van der Waals surface area contributed by atoms with E-state index in [9.17, 15) is 26.0 Å². The Morgan fingerprint density at radius 3 is 2.13 bits per heavy atom. The molecule has 0 aliphatic rings. The van der Waals surface area contributed by atoms with Crippen molar-refractivity contribution in [3.05, 3.63) is 64.2 Å². The number of aliphatic imine (C=N–C) groups is 1. The van der Waals surface area contributed by atoms with Crippen LogP contribution in [0.3, 0.4) is 0 Å². The first-order chi connectivity index (χ1) is 13.5. The Hall–Kier alpha value is -1.89. The number of nitrogens with one attached hydrogen (secondary N) is 2. The Bertz CT molecular complexity index is 1020. The second kappa shape index (κ2) is 10.9. The Morgan fingerprint density at radius 1 is 1.03 bits per heavy atom. The number of aryl methyl sites for hydroxylation is 1. The van der Waals surface area contributed by atoms with Gasteiger partial charge in [-0.25, -0.2) is 31.0 Å². The van der Waals surface area contributed by atoms with Gasteiger partial charge in [-0.15, -0.1) is 24.0 Å². The number of rotatable bonds is 6. The second-order valence-electron chi connectivity index (χ2n) is 6.37. The van der Waals surface area contributed by atoms with E-state index in [4.69, 9.17) is 0 Å². The van der Waals surface area contributed by atoms with Gasteiger partial charge in [0.1, 0.15) is 0 Å². The highest BCUT2D eigenvalue weighted by atomic mass is 127. The van der Waals surface area contributed by atoms with E-state index < -0.39 is 45.2 Å². The van der Waals surface area contributed by atoms with Gasteiger partial charge >= 0.3 is 0 Å². The number of halogens is 5. The van der Waals surface area contributed by atoms with Crippen LogP contribution in [-0.2, 0) is 22.9 Å². The van der Waals surface area contributed by atoms with E-state index >= 15 is 0 Å². The van der Waals surface area contributed by atoms with Crippen LogP contribution in [-0.4, -0.2) is 27.2 Å². The molecule has 166 valence electrons. The van der Waals surface area contributed by atoms with Crippen molar-refractivity contribution in [2.45, 2.75) is 31.8 Å². The number of hydrogen-bond donors (Lipinski definition) is 2. The van der Waals surface area contributed by atoms with Crippen molar-refractivity contribution in [2.75, 3.05) is 12.8 Å². The first-order valence-corrected chi connectivity index (χ1v) is 10.6. The van der Waals surface area contributed by atoms with Gasteiger partial charge in [0.2, 0.25) is 0 Å². The molecule has 0 aliphatic carbocycles. The van der Waals surface area contributed by atoms with Gasteiger partial charge < -0.3 is 10.6 Å². The third-order valence-electron chi connectivity index (χ3n) is 4.04. The summed E-state index contributed by atoms with van der Waals surface area (Å²) in [6.45, 7) is 3.48. The van der Waals surface area contributed by atoms with Crippen molar-refractivity contribution >= 4 is 39.8 Å². The molecule has 0 aromatic heterocycles. The van der Waals surface area contributed by atoms with Gasteiger partial charge in [0, 0.05) is 31.0 Å². The molecular weight excluding hydrogens is 537 g/mol. The molecule has 0 radical (unpaired) electrons. The van der Waals surface area contributed by atoms with E-state index in [2.05, 4.69) is 15.6 Å². The average molecular weight is 559 g/mol. The Kier molecular flexibility index (Phi) is 9.53. The molecule has 2 aromatic carbocycles. The van der Waals surface area contributed by atoms with E-state index in [1.165, 1.54) is 6.07 Å². The van der Waals surface area contributed by atoms with Crippen LogP contribution in [0.25, 0.3) is 0 Å². The Morgan fingerprint density at radius 2 is 1.63 bits per heavy atom. The summed E-state index contributed by atoms with van der Waals surface area (Å²) in [5.41, 5.74) is 0.500. The summed E-state index contributed by atoms with van der Waals surface area (Å²) in [4.78, 5) is 4.47. The topological polar surface area (TPSA) is 70.6 Å². The van der Waals surface area contributed by atoms with E-state index in [1.54, 1.807) is 26.0 Å². The lowest BCUT2D eigenvalue weighted by Crippen LogP contribution is -2.37. The van der Waals surface area contributed by atoms with Gasteiger partial charge in [-0.1, -0.05) is 12.1 Å². The molecule has 0 spiro atoms. The summed E-state index contributed by atoms with van der Waals surface area (Å²) in [7, 11) is -3.34. The zero-order chi connectivity index (χ0) is 21.8. The lowest BCUT2D eigenvalue weighted by molar-refractivity contribution is 0.437. The van der Waals surface area contributed by atoms with Crippen LogP contribution in [0, 0.1) is 30.2 Å². The molecule has 2 N–H and O–H groups in total.